The molecule has 34 heavy (non-hydrogen) atoms. The molecule has 2 heterocycles. The summed E-state index contributed by atoms with van der Waals surface area (Å²) in [5, 5.41) is 5.32. The van der Waals surface area contributed by atoms with Crippen LogP contribution >= 0.6 is 11.6 Å². The van der Waals surface area contributed by atoms with E-state index in [0.717, 1.165) is 49.1 Å². The zero-order valence-corrected chi connectivity index (χ0v) is 19.3. The van der Waals surface area contributed by atoms with Crippen LogP contribution in [0, 0.1) is 6.92 Å². The summed E-state index contributed by atoms with van der Waals surface area (Å²) in [6, 6.07) is 36.1. The molecule has 0 N–H and O–H groups in total. The van der Waals surface area contributed by atoms with Gasteiger partial charge in [-0.25, -0.2) is 0 Å². The highest BCUT2D eigenvalue weighted by atomic mass is 35.5. The smallest absolute Gasteiger partial charge is 0.137 e. The third-order valence-corrected chi connectivity index (χ3v) is 6.97. The van der Waals surface area contributed by atoms with Gasteiger partial charge in [0.1, 0.15) is 11.2 Å². The van der Waals surface area contributed by atoms with Gasteiger partial charge in [0, 0.05) is 38.3 Å². The van der Waals surface area contributed by atoms with E-state index in [1.54, 1.807) is 0 Å². The van der Waals surface area contributed by atoms with Crippen LogP contribution in [0.4, 0.5) is 0 Å². The molecule has 0 radical (unpaired) electrons. The van der Waals surface area contributed by atoms with Crippen molar-refractivity contribution in [2.45, 2.75) is 6.92 Å². The Morgan fingerprint density at radius 1 is 0.588 bits per heavy atom. The lowest BCUT2D eigenvalue weighted by Gasteiger charge is -2.09. The van der Waals surface area contributed by atoms with Crippen molar-refractivity contribution in [3.8, 4) is 16.8 Å². The minimum Gasteiger partial charge on any atom is -0.456 e. The predicted octanol–water partition coefficient (Wildman–Crippen LogP) is 9.31. The lowest BCUT2D eigenvalue weighted by molar-refractivity contribution is 0.668. The van der Waals surface area contributed by atoms with Crippen molar-refractivity contribution < 1.29 is 4.42 Å². The molecule has 0 aliphatic heterocycles. The van der Waals surface area contributed by atoms with Crippen LogP contribution in [0.1, 0.15) is 5.56 Å². The van der Waals surface area contributed by atoms with E-state index < -0.39 is 0 Å². The monoisotopic (exact) mass is 457 g/mol. The minimum atomic E-state index is 0.738. The summed E-state index contributed by atoms with van der Waals surface area (Å²) in [5.74, 6) is 0. The zero-order chi connectivity index (χ0) is 22.8. The Kier molecular flexibility index (Phi) is 4.15. The molecule has 0 saturated heterocycles. The van der Waals surface area contributed by atoms with Crippen LogP contribution in [0.5, 0.6) is 0 Å². The number of aromatic nitrogens is 1. The fraction of sp³-hybridized carbons (Fsp3) is 0.0323. The number of rotatable bonds is 2. The SMILES string of the molecule is Cc1ccc(-c2ccc3c4cc(Cl)ccc4n(-c4ccc5c(c4)oc4ccccc45)c3c2)cc1. The van der Waals surface area contributed by atoms with E-state index in [0.29, 0.717) is 0 Å². The first-order valence-electron chi connectivity index (χ1n) is 11.4. The van der Waals surface area contributed by atoms with Crippen LogP contribution in [0.2, 0.25) is 5.02 Å². The number of halogens is 1. The normalized spacial score (nSPS) is 11.8. The van der Waals surface area contributed by atoms with Gasteiger partial charge in [0.15, 0.2) is 0 Å². The van der Waals surface area contributed by atoms with E-state index in [9.17, 15) is 0 Å². The summed E-state index contributed by atoms with van der Waals surface area (Å²) in [6.07, 6.45) is 0. The Morgan fingerprint density at radius 2 is 1.35 bits per heavy atom. The highest BCUT2D eigenvalue weighted by molar-refractivity contribution is 6.32. The van der Waals surface area contributed by atoms with Gasteiger partial charge in [-0.15, -0.1) is 0 Å². The van der Waals surface area contributed by atoms with Gasteiger partial charge < -0.3 is 8.98 Å². The molecule has 0 spiro atoms. The van der Waals surface area contributed by atoms with Crippen molar-refractivity contribution in [1.82, 2.24) is 4.57 Å². The number of hydrogen-bond acceptors (Lipinski definition) is 1. The van der Waals surface area contributed by atoms with Crippen molar-refractivity contribution in [3.63, 3.8) is 0 Å². The summed E-state index contributed by atoms with van der Waals surface area (Å²) in [7, 11) is 0. The summed E-state index contributed by atoms with van der Waals surface area (Å²) in [5.41, 5.74) is 8.77. The fourth-order valence-electron chi connectivity index (χ4n) is 5.05. The second-order valence-electron chi connectivity index (χ2n) is 8.87. The van der Waals surface area contributed by atoms with Crippen LogP contribution in [-0.2, 0) is 0 Å². The molecule has 162 valence electrons. The standard InChI is InChI=1S/C31H20ClNO/c1-19-6-8-20(9-7-19)21-10-13-24-27-17-22(32)11-15-28(27)33(29(24)16-21)23-12-14-26-25-4-2-3-5-30(25)34-31(26)18-23/h2-18H,1H3. The number of fused-ring (bicyclic) bond motifs is 6. The molecule has 5 aromatic carbocycles. The Labute approximate surface area is 201 Å². The molecular formula is C31H20ClNO. The van der Waals surface area contributed by atoms with Crippen LogP contribution < -0.4 is 0 Å². The number of nitrogens with zero attached hydrogens (tertiary/aromatic N) is 1. The molecule has 2 nitrogen and oxygen atoms in total. The molecule has 2 aromatic heterocycles. The molecule has 0 atom stereocenters. The Hall–Kier alpha value is -4.01. The molecule has 0 bridgehead atoms. The van der Waals surface area contributed by atoms with E-state index >= 15 is 0 Å². The van der Waals surface area contributed by atoms with Gasteiger partial charge >= 0.3 is 0 Å². The Morgan fingerprint density at radius 3 is 2.24 bits per heavy atom. The Balaban J connectivity index is 1.53. The van der Waals surface area contributed by atoms with Gasteiger partial charge in [0.2, 0.25) is 0 Å². The maximum atomic E-state index is 6.42. The molecule has 7 aromatic rings. The summed E-state index contributed by atoms with van der Waals surface area (Å²) in [4.78, 5) is 0. The van der Waals surface area contributed by atoms with Gasteiger partial charge in [-0.2, -0.15) is 0 Å². The lowest BCUT2D eigenvalue weighted by atomic mass is 10.0. The van der Waals surface area contributed by atoms with E-state index in [4.69, 9.17) is 16.0 Å². The number of hydrogen-bond donors (Lipinski definition) is 0. The maximum Gasteiger partial charge on any atom is 0.137 e. The van der Waals surface area contributed by atoms with Crippen molar-refractivity contribution >= 4 is 55.3 Å². The van der Waals surface area contributed by atoms with Gasteiger partial charge in [0.05, 0.1) is 11.0 Å². The van der Waals surface area contributed by atoms with Crippen molar-refractivity contribution in [3.05, 3.63) is 114 Å². The number of furan rings is 1. The highest BCUT2D eigenvalue weighted by Crippen LogP contribution is 2.37. The molecule has 7 rings (SSSR count). The second kappa shape index (κ2) is 7.24. The van der Waals surface area contributed by atoms with Crippen molar-refractivity contribution in [2.24, 2.45) is 0 Å². The van der Waals surface area contributed by atoms with E-state index in [-0.39, 0.29) is 0 Å². The van der Waals surface area contributed by atoms with E-state index in [1.807, 2.05) is 18.2 Å². The van der Waals surface area contributed by atoms with Gasteiger partial charge in [-0.3, -0.25) is 0 Å². The lowest BCUT2D eigenvalue weighted by Crippen LogP contribution is -1.93. The predicted molar refractivity (Wildman–Crippen MR) is 143 cm³/mol. The summed E-state index contributed by atoms with van der Waals surface area (Å²) in [6.45, 7) is 2.11. The molecular weight excluding hydrogens is 438 g/mol. The average molecular weight is 458 g/mol. The van der Waals surface area contributed by atoms with Crippen LogP contribution in [0.15, 0.2) is 108 Å². The van der Waals surface area contributed by atoms with E-state index in [2.05, 4.69) is 96.4 Å². The zero-order valence-electron chi connectivity index (χ0n) is 18.5. The molecule has 0 unspecified atom stereocenters. The third kappa shape index (κ3) is 2.89. The van der Waals surface area contributed by atoms with E-state index in [1.165, 1.54) is 22.1 Å². The summed E-state index contributed by atoms with van der Waals surface area (Å²) < 4.78 is 8.52. The minimum absolute atomic E-state index is 0.738. The summed E-state index contributed by atoms with van der Waals surface area (Å²) >= 11 is 6.42. The van der Waals surface area contributed by atoms with Crippen molar-refractivity contribution in [1.29, 1.82) is 0 Å². The quantitative estimate of drug-likeness (QED) is 0.253. The fourth-order valence-corrected chi connectivity index (χ4v) is 5.22. The van der Waals surface area contributed by atoms with Gasteiger partial charge in [-0.1, -0.05) is 71.8 Å². The third-order valence-electron chi connectivity index (χ3n) is 6.73. The van der Waals surface area contributed by atoms with Crippen LogP contribution in [0.25, 0.3) is 60.6 Å². The first-order chi connectivity index (χ1) is 16.7. The van der Waals surface area contributed by atoms with Gasteiger partial charge in [-0.05, 0) is 60.5 Å². The molecule has 0 amide bonds. The number of aryl methyl sites for hydroxylation is 1. The first-order valence-corrected chi connectivity index (χ1v) is 11.8. The largest absolute Gasteiger partial charge is 0.456 e. The number of para-hydroxylation sites is 1. The molecule has 0 aliphatic carbocycles. The Bertz CT molecular complexity index is 1870. The van der Waals surface area contributed by atoms with Crippen LogP contribution in [-0.4, -0.2) is 4.57 Å². The van der Waals surface area contributed by atoms with Gasteiger partial charge in [0.25, 0.3) is 0 Å². The molecule has 0 fully saturated rings. The van der Waals surface area contributed by atoms with Crippen LogP contribution in [0.3, 0.4) is 0 Å². The molecule has 0 saturated carbocycles. The van der Waals surface area contributed by atoms with Crippen molar-refractivity contribution in [2.75, 3.05) is 0 Å². The average Bonchev–Trinajstić information content (AvgIpc) is 3.38. The number of benzene rings is 5. The molecule has 3 heteroatoms. The maximum absolute atomic E-state index is 6.42. The first kappa shape index (κ1) is 19.5. The highest BCUT2D eigenvalue weighted by Gasteiger charge is 2.15. The second-order valence-corrected chi connectivity index (χ2v) is 9.31. The molecule has 0 aliphatic rings. The topological polar surface area (TPSA) is 18.1 Å².